The Labute approximate surface area is 145 Å². The molecule has 1 aromatic carbocycles. The molecule has 0 saturated carbocycles. The molecule has 1 N–H and O–H groups in total. The van der Waals surface area contributed by atoms with E-state index in [1.54, 1.807) is 6.20 Å². The Morgan fingerprint density at radius 1 is 1.25 bits per heavy atom. The maximum atomic E-state index is 11.8. The summed E-state index contributed by atoms with van der Waals surface area (Å²) in [5, 5.41) is 0.682. The summed E-state index contributed by atoms with van der Waals surface area (Å²) in [4.78, 5) is 25.3. The Morgan fingerprint density at radius 2 is 2.00 bits per heavy atom. The van der Waals surface area contributed by atoms with Crippen molar-refractivity contribution in [3.63, 3.8) is 0 Å². The van der Waals surface area contributed by atoms with Crippen molar-refractivity contribution in [2.75, 3.05) is 12.2 Å². The molecule has 0 saturated heterocycles. The van der Waals surface area contributed by atoms with Gasteiger partial charge in [-0.3, -0.25) is 9.36 Å². The molecule has 1 unspecified atom stereocenters. The van der Waals surface area contributed by atoms with E-state index in [2.05, 4.69) is 4.98 Å². The lowest BCUT2D eigenvalue weighted by molar-refractivity contribution is -0.144. The molecule has 0 spiro atoms. The number of pyridine rings is 1. The van der Waals surface area contributed by atoms with Crippen LogP contribution in [0.4, 0.5) is 0 Å². The second-order valence-corrected chi connectivity index (χ2v) is 9.31. The second kappa shape index (κ2) is 9.02. The quantitative estimate of drug-likeness (QED) is 0.437. The maximum Gasteiger partial charge on any atom is 0.306 e. The predicted octanol–water partition coefficient (Wildman–Crippen LogP) is 3.71. The molecule has 2 aromatic rings. The fourth-order valence-corrected chi connectivity index (χ4v) is 3.78. The molecule has 0 bridgehead atoms. The molecule has 0 aliphatic carbocycles. The minimum Gasteiger partial charge on any atom is -0.461 e. The van der Waals surface area contributed by atoms with Crippen molar-refractivity contribution in [1.82, 2.24) is 4.98 Å². The third-order valence-corrected chi connectivity index (χ3v) is 6.06. The van der Waals surface area contributed by atoms with Gasteiger partial charge in [-0.2, -0.15) is 0 Å². The zero-order valence-corrected chi connectivity index (χ0v) is 15.1. The van der Waals surface area contributed by atoms with Crippen molar-refractivity contribution in [2.24, 2.45) is 0 Å². The molecular formula is C17H20NO4PS. The second-order valence-electron chi connectivity index (χ2n) is 5.47. The van der Waals surface area contributed by atoms with Gasteiger partial charge in [0.25, 0.3) is 0 Å². The van der Waals surface area contributed by atoms with E-state index < -0.39 is 7.37 Å². The van der Waals surface area contributed by atoms with Gasteiger partial charge in [-0.25, -0.2) is 4.98 Å². The van der Waals surface area contributed by atoms with Crippen molar-refractivity contribution in [3.8, 4) is 0 Å². The van der Waals surface area contributed by atoms with Gasteiger partial charge in [-0.05, 0) is 29.7 Å². The largest absolute Gasteiger partial charge is 0.461 e. The average Bonchev–Trinajstić information content (AvgIpc) is 2.57. The normalized spacial score (nSPS) is 13.2. The first-order chi connectivity index (χ1) is 11.4. The molecule has 1 aromatic heterocycles. The molecule has 0 aliphatic rings. The van der Waals surface area contributed by atoms with Crippen LogP contribution >= 0.6 is 19.1 Å². The molecule has 0 aliphatic heterocycles. The van der Waals surface area contributed by atoms with Crippen molar-refractivity contribution in [2.45, 2.75) is 24.5 Å². The lowest BCUT2D eigenvalue weighted by Gasteiger charge is -2.07. The highest BCUT2D eigenvalue weighted by molar-refractivity contribution is 8.04. The molecule has 24 heavy (non-hydrogen) atoms. The molecule has 1 heterocycles. The maximum absolute atomic E-state index is 11.8. The van der Waals surface area contributed by atoms with Crippen LogP contribution in [0.5, 0.6) is 0 Å². The highest BCUT2D eigenvalue weighted by Gasteiger charge is 2.11. The number of aromatic nitrogens is 1. The number of carbonyl (C=O) groups excluding carboxylic acids is 1. The van der Waals surface area contributed by atoms with Crippen LogP contribution in [-0.4, -0.2) is 28.0 Å². The van der Waals surface area contributed by atoms with Crippen LogP contribution in [0.25, 0.3) is 0 Å². The molecule has 2 rings (SSSR count). The molecule has 0 amide bonds. The average molecular weight is 365 g/mol. The first-order valence-corrected chi connectivity index (χ1v) is 10.8. The number of aryl methyl sites for hydroxylation is 1. The fourth-order valence-electron chi connectivity index (χ4n) is 1.93. The number of ether oxygens (including phenoxy) is 1. The Bertz CT molecular complexity index is 718. The highest BCUT2D eigenvalue weighted by atomic mass is 32.2. The van der Waals surface area contributed by atoms with E-state index in [0.717, 1.165) is 11.1 Å². The zero-order valence-electron chi connectivity index (χ0n) is 13.4. The fraction of sp³-hybridized carbons (Fsp3) is 0.294. The number of thioether (sulfide) groups is 1. The van der Waals surface area contributed by atoms with Crippen LogP contribution in [0.2, 0.25) is 0 Å². The summed E-state index contributed by atoms with van der Waals surface area (Å²) < 4.78 is 16.6. The summed E-state index contributed by atoms with van der Waals surface area (Å²) in [5.74, 6) is -0.252. The van der Waals surface area contributed by atoms with Crippen molar-refractivity contribution < 1.29 is 19.0 Å². The summed E-state index contributed by atoms with van der Waals surface area (Å²) in [5.41, 5.74) is 2.04. The molecule has 5 nitrogen and oxygen atoms in total. The highest BCUT2D eigenvalue weighted by Crippen LogP contribution is 2.41. The van der Waals surface area contributed by atoms with Crippen LogP contribution in [0.3, 0.4) is 0 Å². The predicted molar refractivity (Wildman–Crippen MR) is 95.3 cm³/mol. The molecule has 0 radical (unpaired) electrons. The third-order valence-electron chi connectivity index (χ3n) is 3.11. The lowest BCUT2D eigenvalue weighted by atomic mass is 10.1. The summed E-state index contributed by atoms with van der Waals surface area (Å²) in [7, 11) is -3.07. The van der Waals surface area contributed by atoms with Crippen LogP contribution in [0.15, 0.2) is 53.7 Å². The van der Waals surface area contributed by atoms with E-state index in [9.17, 15) is 14.3 Å². The molecule has 128 valence electrons. The number of hydrogen-bond acceptors (Lipinski definition) is 5. The standard InChI is InChI=1S/C17H20NO4PS/c1-23(20,21)13-24-16-11-14(9-10-18-16)7-8-17(19)22-12-15-5-3-2-4-6-15/h2-6,9-11H,7-8,12-13H2,1H3,(H,20,21). The number of carbonyl (C=O) groups is 1. The summed E-state index contributed by atoms with van der Waals surface area (Å²) in [6, 6.07) is 13.2. The Balaban J connectivity index is 1.79. The summed E-state index contributed by atoms with van der Waals surface area (Å²) in [6.07, 6.45) is 2.48. The molecule has 7 heteroatoms. The molecular weight excluding hydrogens is 345 g/mol. The van der Waals surface area contributed by atoms with Gasteiger partial charge in [0.15, 0.2) is 0 Å². The lowest BCUT2D eigenvalue weighted by Crippen LogP contribution is -2.06. The van der Waals surface area contributed by atoms with Crippen LogP contribution in [0, 0.1) is 0 Å². The van der Waals surface area contributed by atoms with Crippen LogP contribution in [0.1, 0.15) is 17.5 Å². The Morgan fingerprint density at radius 3 is 2.71 bits per heavy atom. The molecule has 0 fully saturated rings. The first kappa shape index (κ1) is 18.7. The first-order valence-electron chi connectivity index (χ1n) is 7.49. The molecule has 1 atom stereocenters. The number of rotatable bonds is 8. The van der Waals surface area contributed by atoms with Gasteiger partial charge in [-0.1, -0.05) is 42.1 Å². The third kappa shape index (κ3) is 7.30. The summed E-state index contributed by atoms with van der Waals surface area (Å²) in [6.45, 7) is 1.60. The van der Waals surface area contributed by atoms with Gasteiger partial charge in [0.1, 0.15) is 6.61 Å². The van der Waals surface area contributed by atoms with Gasteiger partial charge in [0.2, 0.25) is 7.37 Å². The summed E-state index contributed by atoms with van der Waals surface area (Å²) >= 11 is 1.24. The monoisotopic (exact) mass is 365 g/mol. The number of hydrogen-bond donors (Lipinski definition) is 1. The van der Waals surface area contributed by atoms with Crippen molar-refractivity contribution >= 4 is 25.1 Å². The Hall–Kier alpha value is -1.62. The van der Waals surface area contributed by atoms with Gasteiger partial charge < -0.3 is 9.63 Å². The topological polar surface area (TPSA) is 76.5 Å². The van der Waals surface area contributed by atoms with Gasteiger partial charge in [-0.15, -0.1) is 0 Å². The number of esters is 1. The van der Waals surface area contributed by atoms with E-state index in [-0.39, 0.29) is 24.5 Å². The number of benzene rings is 1. The van der Waals surface area contributed by atoms with E-state index in [1.807, 2.05) is 42.5 Å². The van der Waals surface area contributed by atoms with E-state index >= 15 is 0 Å². The van der Waals surface area contributed by atoms with E-state index in [4.69, 9.17) is 4.74 Å². The smallest absolute Gasteiger partial charge is 0.306 e. The minimum absolute atomic E-state index is 0.128. The van der Waals surface area contributed by atoms with Gasteiger partial charge in [0.05, 0.1) is 10.5 Å². The SMILES string of the molecule is CP(=O)(O)CSc1cc(CCC(=O)OCc2ccccc2)ccn1. The van der Waals surface area contributed by atoms with Crippen LogP contribution < -0.4 is 0 Å². The van der Waals surface area contributed by atoms with Gasteiger partial charge >= 0.3 is 5.97 Å². The number of nitrogens with zero attached hydrogens (tertiary/aromatic N) is 1. The minimum atomic E-state index is -3.07. The van der Waals surface area contributed by atoms with E-state index in [1.165, 1.54) is 18.4 Å². The van der Waals surface area contributed by atoms with Crippen molar-refractivity contribution in [1.29, 1.82) is 0 Å². The Kier molecular flexibility index (Phi) is 7.03. The van der Waals surface area contributed by atoms with Gasteiger partial charge in [0, 0.05) is 19.3 Å². The van der Waals surface area contributed by atoms with E-state index in [0.29, 0.717) is 11.4 Å². The van der Waals surface area contributed by atoms with Crippen molar-refractivity contribution in [3.05, 3.63) is 59.8 Å². The zero-order chi connectivity index (χ0) is 17.4. The van der Waals surface area contributed by atoms with Crippen LogP contribution in [-0.2, 0) is 27.1 Å².